The maximum absolute atomic E-state index is 13.8. The Labute approximate surface area is 306 Å². The van der Waals surface area contributed by atoms with E-state index in [4.69, 9.17) is 24.2 Å². The predicted molar refractivity (Wildman–Crippen MR) is 196 cm³/mol. The third kappa shape index (κ3) is 6.15. The third-order valence-electron chi connectivity index (χ3n) is 9.80. The molecule has 3 aliphatic rings. The van der Waals surface area contributed by atoms with E-state index in [1.165, 1.54) is 14.2 Å². The van der Waals surface area contributed by atoms with E-state index < -0.39 is 44.9 Å². The predicted octanol–water partition coefficient (Wildman–Crippen LogP) is 5.18. The number of sulfone groups is 1. The van der Waals surface area contributed by atoms with Crippen molar-refractivity contribution in [3.63, 3.8) is 0 Å². The van der Waals surface area contributed by atoms with Crippen molar-refractivity contribution >= 4 is 62.0 Å². The number of nitrogens with one attached hydrogen (secondary N) is 1. The molecule has 2 aromatic heterocycles. The third-order valence-corrected chi connectivity index (χ3v) is 11.4. The summed E-state index contributed by atoms with van der Waals surface area (Å²) in [6.45, 7) is 9.58. The number of hydrogen-bond donors (Lipinski definition) is 2. The SMILES string of the molecule is COc1ccc2c(c1)[C@]1(C[C@H]1c1ccc3c(Nc4nc(C(C)C)nc(N5CCS(=O)(=O)CC5)c4OC)nn(C(=O)OC(C)(C)C)c3c1)C(=O)N2C(=O)O. The van der Waals surface area contributed by atoms with Gasteiger partial charge in [-0.3, -0.25) is 4.79 Å². The molecule has 0 radical (unpaired) electrons. The number of benzene rings is 2. The Kier molecular flexibility index (Phi) is 8.54. The molecule has 1 saturated heterocycles. The molecule has 2 amide bonds. The number of methoxy groups -OCH3 is 2. The zero-order valence-electron chi connectivity index (χ0n) is 30.5. The van der Waals surface area contributed by atoms with Crippen molar-refractivity contribution in [2.45, 2.75) is 63.9 Å². The molecule has 17 heteroatoms. The van der Waals surface area contributed by atoms with Crippen LogP contribution in [-0.4, -0.2) is 95.8 Å². The first-order valence-electron chi connectivity index (χ1n) is 17.2. The second-order valence-corrected chi connectivity index (χ2v) is 17.1. The summed E-state index contributed by atoms with van der Waals surface area (Å²) in [7, 11) is -0.185. The summed E-state index contributed by atoms with van der Waals surface area (Å²) >= 11 is 0. The van der Waals surface area contributed by atoms with Crippen LogP contribution in [0.2, 0.25) is 0 Å². The number of carboxylic acid groups (broad SMARTS) is 1. The van der Waals surface area contributed by atoms with Gasteiger partial charge < -0.3 is 29.5 Å². The lowest BCUT2D eigenvalue weighted by Crippen LogP contribution is -2.41. The Hall–Kier alpha value is -5.45. The maximum Gasteiger partial charge on any atom is 0.435 e. The Morgan fingerprint density at radius 1 is 1.02 bits per heavy atom. The molecule has 2 aliphatic heterocycles. The highest BCUT2D eigenvalue weighted by Crippen LogP contribution is 2.67. The number of amides is 2. The number of nitrogens with zero attached hydrogens (tertiary/aromatic N) is 6. The molecule has 2 aromatic carbocycles. The van der Waals surface area contributed by atoms with Gasteiger partial charge in [0.15, 0.2) is 27.3 Å². The summed E-state index contributed by atoms with van der Waals surface area (Å²) in [5, 5.41) is 18.4. The smallest absolute Gasteiger partial charge is 0.435 e. The van der Waals surface area contributed by atoms with Crippen LogP contribution >= 0.6 is 0 Å². The van der Waals surface area contributed by atoms with Crippen molar-refractivity contribution < 1.29 is 42.1 Å². The minimum absolute atomic E-state index is 0.0193. The molecule has 1 aliphatic carbocycles. The van der Waals surface area contributed by atoms with Crippen LogP contribution in [0.25, 0.3) is 10.9 Å². The van der Waals surface area contributed by atoms with E-state index in [0.717, 1.165) is 9.58 Å². The van der Waals surface area contributed by atoms with Crippen LogP contribution in [0.5, 0.6) is 11.5 Å². The Morgan fingerprint density at radius 2 is 1.74 bits per heavy atom. The van der Waals surface area contributed by atoms with Gasteiger partial charge >= 0.3 is 12.2 Å². The van der Waals surface area contributed by atoms with E-state index in [0.29, 0.717) is 51.5 Å². The van der Waals surface area contributed by atoms with Gasteiger partial charge in [-0.1, -0.05) is 19.9 Å². The van der Waals surface area contributed by atoms with Crippen molar-refractivity contribution in [1.82, 2.24) is 19.7 Å². The Balaban J connectivity index is 1.32. The fourth-order valence-corrected chi connectivity index (χ4v) is 8.33. The number of hydrogen-bond acceptors (Lipinski definition) is 13. The molecule has 0 bridgehead atoms. The van der Waals surface area contributed by atoms with E-state index in [9.17, 15) is 27.9 Å². The van der Waals surface area contributed by atoms with Gasteiger partial charge in [-0.15, -0.1) is 5.10 Å². The lowest BCUT2D eigenvalue weighted by Gasteiger charge is -2.30. The highest BCUT2D eigenvalue weighted by molar-refractivity contribution is 7.91. The average Bonchev–Trinajstić information content (AvgIpc) is 3.68. The summed E-state index contributed by atoms with van der Waals surface area (Å²) in [4.78, 5) is 51.9. The van der Waals surface area contributed by atoms with Gasteiger partial charge in [0.05, 0.1) is 42.3 Å². The zero-order chi connectivity index (χ0) is 38.2. The fourth-order valence-electron chi connectivity index (χ4n) is 7.13. The van der Waals surface area contributed by atoms with Crippen LogP contribution < -0.4 is 24.6 Å². The monoisotopic (exact) mass is 747 g/mol. The zero-order valence-corrected chi connectivity index (χ0v) is 31.3. The van der Waals surface area contributed by atoms with Gasteiger partial charge in [-0.05, 0) is 68.7 Å². The number of carbonyl (C=O) groups is 3. The van der Waals surface area contributed by atoms with E-state index in [-0.39, 0.29) is 47.9 Å². The summed E-state index contributed by atoms with van der Waals surface area (Å²) in [5.41, 5.74) is -0.0317. The van der Waals surface area contributed by atoms with Gasteiger partial charge in [0.2, 0.25) is 11.7 Å². The van der Waals surface area contributed by atoms with Crippen LogP contribution in [0, 0.1) is 0 Å². The van der Waals surface area contributed by atoms with Crippen LogP contribution in [0.15, 0.2) is 36.4 Å². The van der Waals surface area contributed by atoms with Crippen LogP contribution in [-0.2, 0) is 24.8 Å². The van der Waals surface area contributed by atoms with E-state index in [2.05, 4.69) is 10.4 Å². The van der Waals surface area contributed by atoms with Gasteiger partial charge in [-0.2, -0.15) is 4.68 Å². The summed E-state index contributed by atoms with van der Waals surface area (Å²) in [5.74, 6) is 1.15. The molecule has 2 fully saturated rings. The second kappa shape index (κ2) is 12.6. The molecule has 1 spiro atoms. The number of imide groups is 1. The first-order valence-corrected chi connectivity index (χ1v) is 19.0. The molecule has 4 aromatic rings. The van der Waals surface area contributed by atoms with Crippen molar-refractivity contribution in [3.05, 3.63) is 53.3 Å². The van der Waals surface area contributed by atoms with Crippen LogP contribution in [0.3, 0.4) is 0 Å². The standard InChI is InChI=1S/C36H41N7O9S/c1-19(2)28-37-30(27(51-7)31(39-28)41-12-14-53(48,49)15-13-41)38-29-22-10-8-20(16-26(22)43(40-29)34(47)52-35(3,4)5)24-18-36(24)23-17-21(50-6)9-11-25(23)42(32(36)44)33(45)46/h8-11,16-17,19,24H,12-15,18H2,1-7H3,(H,45,46)(H,37,38,39,40)/t24-,36-/m0/s1. The molecular formula is C36H41N7O9S. The molecule has 2 N–H and O–H groups in total. The molecule has 280 valence electrons. The van der Waals surface area contributed by atoms with E-state index >= 15 is 0 Å². The molecule has 16 nitrogen and oxygen atoms in total. The minimum atomic E-state index is -3.16. The van der Waals surface area contributed by atoms with Gasteiger partial charge in [0, 0.05) is 30.3 Å². The van der Waals surface area contributed by atoms with Gasteiger partial charge in [-0.25, -0.2) is 32.9 Å². The summed E-state index contributed by atoms with van der Waals surface area (Å²) in [6.07, 6.45) is -1.76. The lowest BCUT2D eigenvalue weighted by atomic mass is 9.91. The molecule has 2 atom stereocenters. The number of ether oxygens (including phenoxy) is 3. The Bertz CT molecular complexity index is 2290. The van der Waals surface area contributed by atoms with Crippen molar-refractivity contribution in [2.24, 2.45) is 0 Å². The van der Waals surface area contributed by atoms with Crippen molar-refractivity contribution in [2.75, 3.05) is 53.9 Å². The Morgan fingerprint density at radius 3 is 2.36 bits per heavy atom. The molecule has 53 heavy (non-hydrogen) atoms. The quantitative estimate of drug-likeness (QED) is 0.251. The molecule has 1 saturated carbocycles. The highest BCUT2D eigenvalue weighted by atomic mass is 32.2. The first-order chi connectivity index (χ1) is 25.0. The lowest BCUT2D eigenvalue weighted by molar-refractivity contribution is -0.119. The average molecular weight is 748 g/mol. The first kappa shape index (κ1) is 35.9. The molecule has 4 heterocycles. The molecule has 7 rings (SSSR count). The normalized spacial score (nSPS) is 20.5. The van der Waals surface area contributed by atoms with E-state index in [1.807, 2.05) is 24.8 Å². The highest BCUT2D eigenvalue weighted by Gasteiger charge is 2.68. The van der Waals surface area contributed by atoms with E-state index in [1.54, 1.807) is 51.1 Å². The molecule has 0 unspecified atom stereocenters. The summed E-state index contributed by atoms with van der Waals surface area (Å²) in [6, 6.07) is 10.3. The number of carbonyl (C=O) groups excluding carboxylic acids is 2. The van der Waals surface area contributed by atoms with Crippen molar-refractivity contribution in [1.29, 1.82) is 0 Å². The second-order valence-electron chi connectivity index (χ2n) is 14.8. The number of rotatable bonds is 7. The fraction of sp³-hybridized carbons (Fsp3) is 0.444. The number of anilines is 4. The maximum atomic E-state index is 13.8. The largest absolute Gasteiger partial charge is 0.497 e. The minimum Gasteiger partial charge on any atom is -0.497 e. The molecular weight excluding hydrogens is 707 g/mol. The summed E-state index contributed by atoms with van der Waals surface area (Å²) < 4.78 is 42.6. The topological polar surface area (TPSA) is 195 Å². The number of aromatic nitrogens is 4. The van der Waals surface area contributed by atoms with Crippen molar-refractivity contribution in [3.8, 4) is 11.5 Å². The van der Waals surface area contributed by atoms with Gasteiger partial charge in [0.1, 0.15) is 17.2 Å². The van der Waals surface area contributed by atoms with Crippen LogP contribution in [0.4, 0.5) is 32.7 Å². The number of fused-ring (bicyclic) bond motifs is 3. The van der Waals surface area contributed by atoms with Crippen LogP contribution in [0.1, 0.15) is 69.8 Å². The van der Waals surface area contributed by atoms with Gasteiger partial charge in [0.25, 0.3) is 0 Å².